The number of furan rings is 1. The first-order valence-corrected chi connectivity index (χ1v) is 10.2. The van der Waals surface area contributed by atoms with Crippen molar-refractivity contribution in [2.75, 3.05) is 11.1 Å². The first-order chi connectivity index (χ1) is 16.4. The number of nitrogen functional groups attached to an aromatic ring is 1. The average Bonchev–Trinajstić information content (AvgIpc) is 3.33. The van der Waals surface area contributed by atoms with Crippen molar-refractivity contribution in [3.8, 4) is 11.3 Å². The van der Waals surface area contributed by atoms with Gasteiger partial charge in [-0.05, 0) is 48.5 Å². The molecule has 1 amide bonds. The van der Waals surface area contributed by atoms with Gasteiger partial charge in [-0.15, -0.1) is 0 Å². The molecule has 0 bridgehead atoms. The lowest BCUT2D eigenvalue weighted by Crippen LogP contribution is -2.10. The van der Waals surface area contributed by atoms with E-state index in [0.29, 0.717) is 39.6 Å². The van der Waals surface area contributed by atoms with Crippen LogP contribution in [0.3, 0.4) is 0 Å². The van der Waals surface area contributed by atoms with Gasteiger partial charge in [-0.3, -0.25) is 19.7 Å². The van der Waals surface area contributed by atoms with Crippen LogP contribution >= 0.6 is 0 Å². The van der Waals surface area contributed by atoms with Gasteiger partial charge in [-0.1, -0.05) is 30.3 Å². The Hall–Kier alpha value is -4.98. The maximum Gasteiger partial charge on any atom is 0.269 e. The molecule has 0 fully saturated rings. The van der Waals surface area contributed by atoms with E-state index >= 15 is 0 Å². The van der Waals surface area contributed by atoms with Crippen LogP contribution in [0.4, 0.5) is 17.1 Å². The van der Waals surface area contributed by atoms with Crippen molar-refractivity contribution in [2.24, 2.45) is 0 Å². The first kappa shape index (κ1) is 22.2. The summed E-state index contributed by atoms with van der Waals surface area (Å²) in [6.07, 6.45) is 2.80. The van der Waals surface area contributed by atoms with E-state index in [2.05, 4.69) is 5.32 Å². The van der Waals surface area contributed by atoms with Crippen molar-refractivity contribution in [2.45, 2.75) is 0 Å². The molecule has 0 atom stereocenters. The summed E-state index contributed by atoms with van der Waals surface area (Å²) in [6, 6.07) is 22.8. The van der Waals surface area contributed by atoms with Gasteiger partial charge in [0.25, 0.3) is 5.69 Å². The topological polar surface area (TPSA) is 128 Å². The smallest absolute Gasteiger partial charge is 0.269 e. The van der Waals surface area contributed by atoms with Gasteiger partial charge >= 0.3 is 0 Å². The van der Waals surface area contributed by atoms with Crippen molar-refractivity contribution in [3.05, 3.63) is 118 Å². The van der Waals surface area contributed by atoms with E-state index in [-0.39, 0.29) is 11.5 Å². The Kier molecular flexibility index (Phi) is 6.31. The van der Waals surface area contributed by atoms with Crippen LogP contribution in [0.25, 0.3) is 17.4 Å². The summed E-state index contributed by atoms with van der Waals surface area (Å²) >= 11 is 0. The van der Waals surface area contributed by atoms with E-state index in [0.717, 1.165) is 0 Å². The molecular weight excluding hydrogens is 434 g/mol. The summed E-state index contributed by atoms with van der Waals surface area (Å²) in [5.74, 6) is 0.286. The summed E-state index contributed by atoms with van der Waals surface area (Å²) in [6.45, 7) is 0. The summed E-state index contributed by atoms with van der Waals surface area (Å²) in [4.78, 5) is 35.4. The van der Waals surface area contributed by atoms with Crippen LogP contribution in [0.1, 0.15) is 21.7 Å². The minimum absolute atomic E-state index is 0.0107. The van der Waals surface area contributed by atoms with E-state index < -0.39 is 10.8 Å². The SMILES string of the molecule is Nc1ccc(NC(=O)/C=C/c2ccc(-c3ccc([N+](=O)[O-])cc3)o2)cc1C(=O)c1ccccc1. The molecule has 1 aromatic heterocycles. The zero-order chi connectivity index (χ0) is 24.1. The van der Waals surface area contributed by atoms with Crippen LogP contribution in [0.15, 0.2) is 95.4 Å². The van der Waals surface area contributed by atoms with Crippen molar-refractivity contribution in [3.63, 3.8) is 0 Å². The Morgan fingerprint density at radius 1 is 0.941 bits per heavy atom. The van der Waals surface area contributed by atoms with Gasteiger partial charge < -0.3 is 15.5 Å². The van der Waals surface area contributed by atoms with Gasteiger partial charge in [-0.2, -0.15) is 0 Å². The molecule has 0 aliphatic rings. The standard InChI is InChI=1S/C26H19N3O5/c27-23-13-8-19(16-22(23)26(31)18-4-2-1-3-5-18)28-25(30)15-12-21-11-14-24(34-21)17-6-9-20(10-7-17)29(32)33/h1-16H,27H2,(H,28,30)/b15-12+. The molecule has 0 radical (unpaired) electrons. The number of benzene rings is 3. The van der Waals surface area contributed by atoms with Crippen LogP contribution in [0.2, 0.25) is 0 Å². The Morgan fingerprint density at radius 3 is 2.38 bits per heavy atom. The summed E-state index contributed by atoms with van der Waals surface area (Å²) in [5.41, 5.74) is 8.17. The maximum atomic E-state index is 12.7. The number of nitro groups is 1. The Labute approximate surface area is 194 Å². The lowest BCUT2D eigenvalue weighted by atomic mass is 10.0. The van der Waals surface area contributed by atoms with Crippen molar-refractivity contribution in [1.29, 1.82) is 0 Å². The minimum Gasteiger partial charge on any atom is -0.457 e. The highest BCUT2D eigenvalue weighted by atomic mass is 16.6. The zero-order valence-corrected chi connectivity index (χ0v) is 17.8. The van der Waals surface area contributed by atoms with Crippen LogP contribution in [-0.4, -0.2) is 16.6 Å². The molecule has 8 heteroatoms. The third kappa shape index (κ3) is 5.08. The molecule has 4 rings (SSSR count). The third-order valence-electron chi connectivity index (χ3n) is 4.99. The average molecular weight is 453 g/mol. The number of nitrogens with two attached hydrogens (primary N) is 1. The van der Waals surface area contributed by atoms with Gasteiger partial charge in [-0.25, -0.2) is 0 Å². The number of nitrogens with zero attached hydrogens (tertiary/aromatic N) is 1. The molecule has 4 aromatic rings. The van der Waals surface area contributed by atoms with E-state index in [1.54, 1.807) is 60.7 Å². The molecule has 34 heavy (non-hydrogen) atoms. The summed E-state index contributed by atoms with van der Waals surface area (Å²) in [7, 11) is 0. The number of hydrogen-bond donors (Lipinski definition) is 2. The molecule has 168 valence electrons. The normalized spacial score (nSPS) is 10.8. The van der Waals surface area contributed by atoms with E-state index in [9.17, 15) is 19.7 Å². The number of nitrogens with one attached hydrogen (secondary N) is 1. The highest BCUT2D eigenvalue weighted by Gasteiger charge is 2.13. The molecule has 0 aliphatic heterocycles. The molecule has 3 aromatic carbocycles. The summed E-state index contributed by atoms with van der Waals surface area (Å²) in [5, 5.41) is 13.5. The third-order valence-corrected chi connectivity index (χ3v) is 4.99. The Balaban J connectivity index is 1.43. The molecule has 1 heterocycles. The number of amides is 1. The largest absolute Gasteiger partial charge is 0.457 e. The predicted octanol–water partition coefficient (Wildman–Crippen LogP) is 5.32. The molecular formula is C26H19N3O5. The maximum absolute atomic E-state index is 12.7. The molecule has 8 nitrogen and oxygen atoms in total. The fourth-order valence-electron chi connectivity index (χ4n) is 3.26. The predicted molar refractivity (Wildman–Crippen MR) is 129 cm³/mol. The van der Waals surface area contributed by atoms with Crippen LogP contribution in [0, 0.1) is 10.1 Å². The minimum atomic E-state index is -0.472. The Morgan fingerprint density at radius 2 is 1.68 bits per heavy atom. The quantitative estimate of drug-likeness (QED) is 0.128. The number of hydrogen-bond acceptors (Lipinski definition) is 6. The van der Waals surface area contributed by atoms with Crippen LogP contribution in [0.5, 0.6) is 0 Å². The lowest BCUT2D eigenvalue weighted by Gasteiger charge is -2.08. The second-order valence-electron chi connectivity index (χ2n) is 7.33. The van der Waals surface area contributed by atoms with Gasteiger partial charge in [0.05, 0.1) is 4.92 Å². The monoisotopic (exact) mass is 453 g/mol. The number of ketones is 1. The molecule has 0 saturated carbocycles. The highest BCUT2D eigenvalue weighted by Crippen LogP contribution is 2.25. The molecule has 0 unspecified atom stereocenters. The second kappa shape index (κ2) is 9.66. The Bertz CT molecular complexity index is 1390. The van der Waals surface area contributed by atoms with Crippen LogP contribution < -0.4 is 11.1 Å². The van der Waals surface area contributed by atoms with Crippen molar-refractivity contribution in [1.82, 2.24) is 0 Å². The van der Waals surface area contributed by atoms with Gasteiger partial charge in [0.1, 0.15) is 11.5 Å². The number of carbonyl (C=O) groups excluding carboxylic acids is 2. The highest BCUT2D eigenvalue weighted by molar-refractivity contribution is 6.13. The fourth-order valence-corrected chi connectivity index (χ4v) is 3.26. The molecule has 0 saturated heterocycles. The van der Waals surface area contributed by atoms with Gasteiger partial charge in [0.2, 0.25) is 5.91 Å². The summed E-state index contributed by atoms with van der Waals surface area (Å²) < 4.78 is 5.69. The molecule has 3 N–H and O–H groups in total. The van der Waals surface area contributed by atoms with Gasteiger partial charge in [0, 0.05) is 46.3 Å². The second-order valence-corrected chi connectivity index (χ2v) is 7.33. The van der Waals surface area contributed by atoms with Crippen molar-refractivity contribution >= 4 is 34.8 Å². The van der Waals surface area contributed by atoms with E-state index in [1.807, 2.05) is 6.07 Å². The van der Waals surface area contributed by atoms with E-state index in [1.165, 1.54) is 30.4 Å². The van der Waals surface area contributed by atoms with Gasteiger partial charge in [0.15, 0.2) is 5.78 Å². The number of non-ortho nitro benzene ring substituents is 1. The first-order valence-electron chi connectivity index (χ1n) is 10.2. The number of anilines is 2. The fraction of sp³-hybridized carbons (Fsp3) is 0. The zero-order valence-electron chi connectivity index (χ0n) is 17.8. The van der Waals surface area contributed by atoms with Crippen molar-refractivity contribution < 1.29 is 18.9 Å². The lowest BCUT2D eigenvalue weighted by molar-refractivity contribution is -0.384. The number of carbonyl (C=O) groups is 2. The molecule has 0 aliphatic carbocycles. The number of nitro benzene ring substituents is 1. The number of rotatable bonds is 7. The van der Waals surface area contributed by atoms with Crippen LogP contribution in [-0.2, 0) is 4.79 Å². The molecule has 0 spiro atoms. The van der Waals surface area contributed by atoms with E-state index in [4.69, 9.17) is 10.2 Å².